The highest BCUT2D eigenvalue weighted by Crippen LogP contribution is 2.36. The van der Waals surface area contributed by atoms with Gasteiger partial charge in [0.15, 0.2) is 0 Å². The van der Waals surface area contributed by atoms with Crippen molar-refractivity contribution in [1.29, 1.82) is 0 Å². The minimum Gasteiger partial charge on any atom is -0.377 e. The SMILES string of the molecule is CC(NC1CCCc2sc(I)cc21)C1CCCO1. The summed E-state index contributed by atoms with van der Waals surface area (Å²) in [6.45, 7) is 3.23. The molecule has 100 valence electrons. The van der Waals surface area contributed by atoms with Gasteiger partial charge in [-0.3, -0.25) is 0 Å². The lowest BCUT2D eigenvalue weighted by Gasteiger charge is -2.29. The van der Waals surface area contributed by atoms with Crippen LogP contribution in [0.3, 0.4) is 0 Å². The Morgan fingerprint density at radius 3 is 3.11 bits per heavy atom. The normalized spacial score (nSPS) is 29.2. The highest BCUT2D eigenvalue weighted by molar-refractivity contribution is 14.1. The Morgan fingerprint density at radius 1 is 1.44 bits per heavy atom. The molecule has 1 saturated heterocycles. The summed E-state index contributed by atoms with van der Waals surface area (Å²) in [6.07, 6.45) is 6.73. The van der Waals surface area contributed by atoms with E-state index in [0.717, 1.165) is 6.61 Å². The molecule has 3 atom stereocenters. The van der Waals surface area contributed by atoms with E-state index >= 15 is 0 Å². The Balaban J connectivity index is 1.69. The molecule has 18 heavy (non-hydrogen) atoms. The Morgan fingerprint density at radius 2 is 2.33 bits per heavy atom. The minimum atomic E-state index is 0.424. The summed E-state index contributed by atoms with van der Waals surface area (Å²) in [5, 5.41) is 3.81. The van der Waals surface area contributed by atoms with Crippen molar-refractivity contribution in [3.8, 4) is 0 Å². The Bertz CT molecular complexity index is 414. The van der Waals surface area contributed by atoms with Crippen LogP contribution in [0.15, 0.2) is 6.07 Å². The van der Waals surface area contributed by atoms with Crippen LogP contribution in [0.4, 0.5) is 0 Å². The average Bonchev–Trinajstić information content (AvgIpc) is 2.96. The maximum absolute atomic E-state index is 5.79. The molecule has 2 aliphatic rings. The van der Waals surface area contributed by atoms with E-state index in [9.17, 15) is 0 Å². The molecule has 1 aliphatic heterocycles. The van der Waals surface area contributed by atoms with E-state index in [0.29, 0.717) is 18.2 Å². The van der Waals surface area contributed by atoms with E-state index in [2.05, 4.69) is 40.9 Å². The van der Waals surface area contributed by atoms with Crippen molar-refractivity contribution in [2.75, 3.05) is 6.61 Å². The van der Waals surface area contributed by atoms with Crippen LogP contribution in [0.2, 0.25) is 0 Å². The van der Waals surface area contributed by atoms with Crippen molar-refractivity contribution < 1.29 is 4.74 Å². The third kappa shape index (κ3) is 2.76. The Kier molecular flexibility index (Phi) is 4.28. The molecule has 0 bridgehead atoms. The zero-order valence-corrected chi connectivity index (χ0v) is 13.7. The van der Waals surface area contributed by atoms with Crippen molar-refractivity contribution in [2.45, 2.75) is 57.2 Å². The largest absolute Gasteiger partial charge is 0.377 e. The van der Waals surface area contributed by atoms with E-state index in [1.54, 1.807) is 10.4 Å². The van der Waals surface area contributed by atoms with E-state index in [1.807, 2.05) is 11.3 Å². The van der Waals surface area contributed by atoms with Crippen molar-refractivity contribution in [2.24, 2.45) is 0 Å². The Labute approximate surface area is 127 Å². The fourth-order valence-electron chi connectivity index (χ4n) is 3.12. The molecule has 1 aromatic heterocycles. The molecule has 1 aliphatic carbocycles. The lowest BCUT2D eigenvalue weighted by molar-refractivity contribution is 0.0788. The van der Waals surface area contributed by atoms with Crippen LogP contribution in [0.5, 0.6) is 0 Å². The van der Waals surface area contributed by atoms with Crippen LogP contribution in [0.1, 0.15) is 49.1 Å². The van der Waals surface area contributed by atoms with Crippen LogP contribution in [-0.4, -0.2) is 18.8 Å². The molecule has 0 saturated carbocycles. The summed E-state index contributed by atoms with van der Waals surface area (Å²) in [5.74, 6) is 0. The van der Waals surface area contributed by atoms with Gasteiger partial charge in [-0.05, 0) is 73.2 Å². The molecule has 1 N–H and O–H groups in total. The van der Waals surface area contributed by atoms with Crippen LogP contribution >= 0.6 is 33.9 Å². The molecule has 1 fully saturated rings. The molecule has 2 heterocycles. The maximum atomic E-state index is 5.79. The third-order valence-corrected chi connectivity index (χ3v) is 6.04. The minimum absolute atomic E-state index is 0.424. The first-order valence-electron chi connectivity index (χ1n) is 6.90. The predicted octanol–water partition coefficient (Wildman–Crippen LogP) is 3.89. The number of hydrogen-bond donors (Lipinski definition) is 1. The van der Waals surface area contributed by atoms with Gasteiger partial charge in [-0.1, -0.05) is 0 Å². The molecule has 0 spiro atoms. The van der Waals surface area contributed by atoms with Crippen LogP contribution < -0.4 is 5.32 Å². The second-order valence-corrected chi connectivity index (χ2v) is 8.41. The maximum Gasteiger partial charge on any atom is 0.0726 e. The van der Waals surface area contributed by atoms with Gasteiger partial charge in [0.1, 0.15) is 0 Å². The van der Waals surface area contributed by atoms with Gasteiger partial charge >= 0.3 is 0 Å². The lowest BCUT2D eigenvalue weighted by Crippen LogP contribution is -2.40. The molecule has 3 unspecified atom stereocenters. The van der Waals surface area contributed by atoms with Crippen LogP contribution in [-0.2, 0) is 11.2 Å². The molecule has 0 amide bonds. The van der Waals surface area contributed by atoms with Gasteiger partial charge in [0.25, 0.3) is 0 Å². The molecular weight excluding hydrogens is 357 g/mol. The van der Waals surface area contributed by atoms with E-state index in [1.165, 1.54) is 35.0 Å². The molecule has 4 heteroatoms. The Hall–Kier alpha value is 0.350. The first kappa shape index (κ1) is 13.3. The van der Waals surface area contributed by atoms with Crippen molar-refractivity contribution in [1.82, 2.24) is 5.32 Å². The number of ether oxygens (including phenoxy) is 1. The van der Waals surface area contributed by atoms with Crippen molar-refractivity contribution >= 4 is 33.9 Å². The van der Waals surface area contributed by atoms with Crippen LogP contribution in [0.25, 0.3) is 0 Å². The molecule has 1 aromatic rings. The summed E-state index contributed by atoms with van der Waals surface area (Å²) in [6, 6.07) is 3.40. The van der Waals surface area contributed by atoms with Gasteiger partial charge in [0.05, 0.1) is 8.99 Å². The summed E-state index contributed by atoms with van der Waals surface area (Å²) in [7, 11) is 0. The quantitative estimate of drug-likeness (QED) is 0.808. The summed E-state index contributed by atoms with van der Waals surface area (Å²) < 4.78 is 7.21. The van der Waals surface area contributed by atoms with Gasteiger partial charge < -0.3 is 10.1 Å². The summed E-state index contributed by atoms with van der Waals surface area (Å²) in [5.41, 5.74) is 1.56. The monoisotopic (exact) mass is 377 g/mol. The molecular formula is C14H20INOS. The second-order valence-electron chi connectivity index (χ2n) is 5.38. The smallest absolute Gasteiger partial charge is 0.0726 e. The van der Waals surface area contributed by atoms with Crippen LogP contribution in [0, 0.1) is 2.88 Å². The van der Waals surface area contributed by atoms with Crippen molar-refractivity contribution in [3.05, 3.63) is 19.4 Å². The highest BCUT2D eigenvalue weighted by Gasteiger charge is 2.28. The average molecular weight is 377 g/mol. The fourth-order valence-corrected chi connectivity index (χ4v) is 5.24. The number of fused-ring (bicyclic) bond motifs is 1. The van der Waals surface area contributed by atoms with Gasteiger partial charge in [0, 0.05) is 23.6 Å². The third-order valence-electron chi connectivity index (χ3n) is 4.07. The van der Waals surface area contributed by atoms with Crippen molar-refractivity contribution in [3.63, 3.8) is 0 Å². The molecule has 0 aromatic carbocycles. The number of halogens is 1. The van der Waals surface area contributed by atoms with Gasteiger partial charge in [-0.25, -0.2) is 0 Å². The molecule has 3 rings (SSSR count). The van der Waals surface area contributed by atoms with Gasteiger partial charge in [-0.15, -0.1) is 11.3 Å². The second kappa shape index (κ2) is 5.77. The summed E-state index contributed by atoms with van der Waals surface area (Å²) in [4.78, 5) is 1.60. The van der Waals surface area contributed by atoms with E-state index in [-0.39, 0.29) is 0 Å². The number of nitrogens with one attached hydrogen (secondary N) is 1. The zero-order valence-electron chi connectivity index (χ0n) is 10.7. The van der Waals surface area contributed by atoms with Gasteiger partial charge in [0.2, 0.25) is 0 Å². The first-order chi connectivity index (χ1) is 8.74. The van der Waals surface area contributed by atoms with E-state index in [4.69, 9.17) is 4.74 Å². The summed E-state index contributed by atoms with van der Waals surface area (Å²) >= 11 is 4.42. The number of hydrogen-bond acceptors (Lipinski definition) is 3. The number of aryl methyl sites for hydroxylation is 1. The topological polar surface area (TPSA) is 21.3 Å². The van der Waals surface area contributed by atoms with Gasteiger partial charge in [-0.2, -0.15) is 0 Å². The fraction of sp³-hybridized carbons (Fsp3) is 0.714. The lowest BCUT2D eigenvalue weighted by atomic mass is 9.93. The zero-order chi connectivity index (χ0) is 12.5. The first-order valence-corrected chi connectivity index (χ1v) is 8.79. The molecule has 2 nitrogen and oxygen atoms in total. The predicted molar refractivity (Wildman–Crippen MR) is 84.3 cm³/mol. The molecule has 0 radical (unpaired) electrons. The standard InChI is InChI=1S/C14H20INOS/c1-9(12-5-3-7-17-12)16-11-4-2-6-13-10(11)8-14(15)18-13/h8-9,11-12,16H,2-7H2,1H3. The highest BCUT2D eigenvalue weighted by atomic mass is 127. The van der Waals surface area contributed by atoms with E-state index < -0.39 is 0 Å². The number of rotatable bonds is 3. The number of thiophene rings is 1.